The molecule has 2 atom stereocenters. The predicted molar refractivity (Wildman–Crippen MR) is 81.7 cm³/mol. The first kappa shape index (κ1) is 21.4. The Hall–Kier alpha value is -0.600. The molecule has 0 radical (unpaired) electrons. The van der Waals surface area contributed by atoms with Gasteiger partial charge in [0.25, 0.3) is 0 Å². The monoisotopic (exact) mass is 383 g/mol. The third-order valence-electron chi connectivity index (χ3n) is 3.65. The Morgan fingerprint density at radius 1 is 1.12 bits per heavy atom. The van der Waals surface area contributed by atoms with E-state index in [2.05, 4.69) is 17.2 Å². The molecule has 10 nitrogen and oxygen atoms in total. The van der Waals surface area contributed by atoms with Crippen LogP contribution in [-0.4, -0.2) is 35.0 Å². The van der Waals surface area contributed by atoms with Crippen LogP contribution in [0.2, 0.25) is 0 Å². The molecule has 1 aromatic heterocycles. The van der Waals surface area contributed by atoms with E-state index in [-0.39, 0.29) is 0 Å². The second-order valence-corrected chi connectivity index (χ2v) is 9.65. The summed E-state index contributed by atoms with van der Waals surface area (Å²) in [7, 11) is -11.6. The minimum absolute atomic E-state index is 0.491. The van der Waals surface area contributed by atoms with Crippen LogP contribution in [-0.2, 0) is 22.1 Å². The topological polar surface area (TPSA) is 172 Å². The lowest BCUT2D eigenvalue weighted by molar-refractivity contribution is -0.227. The number of aliphatic hydroxyl groups is 1. The number of nitrogens with zero attached hydrogens (tertiary/aromatic N) is 3. The van der Waals surface area contributed by atoms with Crippen molar-refractivity contribution in [3.63, 3.8) is 0 Å². The van der Waals surface area contributed by atoms with Crippen molar-refractivity contribution in [3.8, 4) is 0 Å². The van der Waals surface area contributed by atoms with Gasteiger partial charge in [0.2, 0.25) is 5.08 Å². The van der Waals surface area contributed by atoms with Gasteiger partial charge in [-0.3, -0.25) is 0 Å². The van der Waals surface area contributed by atoms with E-state index in [1.54, 1.807) is 0 Å². The zero-order chi connectivity index (χ0) is 18.4. The highest BCUT2D eigenvalue weighted by Gasteiger charge is 2.48. The second kappa shape index (κ2) is 8.67. The predicted octanol–water partition coefficient (Wildman–Crippen LogP) is -0.0814. The first-order chi connectivity index (χ1) is 11.0. The molecule has 12 heteroatoms. The van der Waals surface area contributed by atoms with Gasteiger partial charge in [-0.25, -0.2) is 4.68 Å². The van der Waals surface area contributed by atoms with Gasteiger partial charge >= 0.3 is 0 Å². The van der Waals surface area contributed by atoms with E-state index < -0.39 is 26.8 Å². The van der Waals surface area contributed by atoms with Gasteiger partial charge in [-0.05, 0) is 12.8 Å². The Kier molecular flexibility index (Phi) is 7.75. The van der Waals surface area contributed by atoms with Crippen LogP contribution in [0.15, 0.2) is 6.20 Å². The van der Waals surface area contributed by atoms with E-state index in [9.17, 15) is 24.0 Å². The van der Waals surface area contributed by atoms with Crippen molar-refractivity contribution in [1.82, 2.24) is 15.0 Å². The molecule has 1 rings (SSSR count). The van der Waals surface area contributed by atoms with Crippen LogP contribution in [0.3, 0.4) is 0 Å². The number of aryl methyl sites for hydroxylation is 1. The fourth-order valence-electron chi connectivity index (χ4n) is 2.17. The Morgan fingerprint density at radius 2 is 1.67 bits per heavy atom. The summed E-state index contributed by atoms with van der Waals surface area (Å²) in [5, 5.41) is 13.2. The highest BCUT2D eigenvalue weighted by Crippen LogP contribution is 2.63. The molecule has 0 saturated carbocycles. The van der Waals surface area contributed by atoms with Crippen LogP contribution >= 0.6 is 15.2 Å². The van der Waals surface area contributed by atoms with Crippen molar-refractivity contribution in [2.75, 3.05) is 0 Å². The molecule has 0 fully saturated rings. The Balaban J connectivity index is 2.65. The zero-order valence-electron chi connectivity index (χ0n) is 13.4. The number of hydrogen-bond acceptors (Lipinski definition) is 7. The summed E-state index contributed by atoms with van der Waals surface area (Å²) in [4.78, 5) is 40.2. The normalized spacial score (nSPS) is 19.4. The third-order valence-corrected chi connectivity index (χ3v) is 7.26. The molecule has 0 amide bonds. The molecule has 140 valence electrons. The molecular formula is C12H23N3O7P2-2. The Morgan fingerprint density at radius 3 is 2.21 bits per heavy atom. The minimum Gasteiger partial charge on any atom is -0.776 e. The van der Waals surface area contributed by atoms with Gasteiger partial charge < -0.3 is 33.8 Å². The van der Waals surface area contributed by atoms with Crippen molar-refractivity contribution in [1.29, 1.82) is 0 Å². The lowest BCUT2D eigenvalue weighted by Crippen LogP contribution is -2.41. The van der Waals surface area contributed by atoms with Crippen LogP contribution < -0.4 is 9.79 Å². The molecular weight excluding hydrogens is 360 g/mol. The molecule has 0 bridgehead atoms. The van der Waals surface area contributed by atoms with Gasteiger partial charge in [0.15, 0.2) is 15.2 Å². The van der Waals surface area contributed by atoms with E-state index in [1.807, 2.05) is 0 Å². The number of rotatable bonds is 11. The molecule has 1 aromatic rings. The quantitative estimate of drug-likeness (QED) is 0.349. The fraction of sp³-hybridized carbons (Fsp3) is 0.833. The molecule has 3 N–H and O–H groups in total. The summed E-state index contributed by atoms with van der Waals surface area (Å²) in [6.45, 7) is 0.949. The second-order valence-electron chi connectivity index (χ2n) is 5.74. The standard InChI is InChI=1S/C12H25N3O7P2/c1-2-3-4-5-6-7-8-11-9-15(14-13-11)10-12(16,23(17,18)19)24(20,21)22/h9,16H,2-8,10H2,1H3,(H2,17,18,19)(H2,20,21,22)/p-2. The average Bonchev–Trinajstić information content (AvgIpc) is 2.87. The highest BCUT2D eigenvalue weighted by molar-refractivity contribution is 7.70. The summed E-state index contributed by atoms with van der Waals surface area (Å²) in [5.41, 5.74) is 0.491. The van der Waals surface area contributed by atoms with Crippen molar-refractivity contribution in [3.05, 3.63) is 11.9 Å². The van der Waals surface area contributed by atoms with Crippen molar-refractivity contribution >= 4 is 15.2 Å². The summed E-state index contributed by atoms with van der Waals surface area (Å²) < 4.78 is 23.1. The van der Waals surface area contributed by atoms with Crippen LogP contribution in [0.1, 0.15) is 51.1 Å². The molecule has 1 heterocycles. The maximum Gasteiger partial charge on any atom is 0.211 e. The average molecular weight is 383 g/mol. The van der Waals surface area contributed by atoms with Gasteiger partial charge in [0.05, 0.1) is 12.2 Å². The van der Waals surface area contributed by atoms with Gasteiger partial charge in [-0.2, -0.15) is 0 Å². The van der Waals surface area contributed by atoms with Gasteiger partial charge in [0, 0.05) is 6.20 Å². The lowest BCUT2D eigenvalue weighted by atomic mass is 10.1. The maximum absolute atomic E-state index is 11.1. The Labute approximate surface area is 140 Å². The van der Waals surface area contributed by atoms with Gasteiger partial charge in [-0.15, -0.1) is 5.10 Å². The number of aromatic nitrogens is 3. The highest BCUT2D eigenvalue weighted by atomic mass is 31.2. The van der Waals surface area contributed by atoms with Crippen LogP contribution in [0.5, 0.6) is 0 Å². The van der Waals surface area contributed by atoms with E-state index in [1.165, 1.54) is 12.6 Å². The summed E-state index contributed by atoms with van der Waals surface area (Å²) in [6, 6.07) is 0. The SMILES string of the molecule is CCCCCCCCc1cn(CC(O)(P(=O)([O-])O)P(=O)([O-])O)nn1. The van der Waals surface area contributed by atoms with Gasteiger partial charge in [0.1, 0.15) is 0 Å². The number of unbranched alkanes of at least 4 members (excludes halogenated alkanes) is 5. The molecule has 24 heavy (non-hydrogen) atoms. The Bertz CT molecular complexity index is 588. The lowest BCUT2D eigenvalue weighted by Gasteiger charge is -2.41. The van der Waals surface area contributed by atoms with Crippen molar-refractivity contribution in [2.24, 2.45) is 0 Å². The zero-order valence-corrected chi connectivity index (χ0v) is 15.2. The first-order valence-electron chi connectivity index (χ1n) is 7.70. The maximum atomic E-state index is 11.1. The summed E-state index contributed by atoms with van der Waals surface area (Å²) in [6.07, 6.45) is 8.25. The first-order valence-corrected chi connectivity index (χ1v) is 10.9. The molecule has 0 spiro atoms. The molecule has 0 aliphatic carbocycles. The molecule has 0 aromatic carbocycles. The largest absolute Gasteiger partial charge is 0.776 e. The fourth-order valence-corrected chi connectivity index (χ4v) is 4.10. The van der Waals surface area contributed by atoms with Crippen molar-refractivity contribution in [2.45, 2.75) is 63.5 Å². The van der Waals surface area contributed by atoms with E-state index in [4.69, 9.17) is 9.79 Å². The van der Waals surface area contributed by atoms with E-state index >= 15 is 0 Å². The van der Waals surface area contributed by atoms with Gasteiger partial charge in [-0.1, -0.05) is 44.2 Å². The van der Waals surface area contributed by atoms with Crippen LogP contribution in [0.25, 0.3) is 0 Å². The van der Waals surface area contributed by atoms with E-state index in [0.29, 0.717) is 12.1 Å². The minimum atomic E-state index is -5.81. The smallest absolute Gasteiger partial charge is 0.211 e. The summed E-state index contributed by atoms with van der Waals surface area (Å²) >= 11 is 0. The van der Waals surface area contributed by atoms with Crippen molar-refractivity contribution < 1.29 is 33.8 Å². The third kappa shape index (κ3) is 5.74. The molecule has 0 aliphatic heterocycles. The molecule has 2 unspecified atom stereocenters. The number of hydrogen-bond donors (Lipinski definition) is 3. The van der Waals surface area contributed by atoms with Crippen LogP contribution in [0.4, 0.5) is 0 Å². The van der Waals surface area contributed by atoms with Crippen LogP contribution in [0, 0.1) is 0 Å². The molecule has 0 saturated heterocycles. The summed E-state index contributed by atoms with van der Waals surface area (Å²) in [5.74, 6) is 0. The van der Waals surface area contributed by atoms with E-state index in [0.717, 1.165) is 36.8 Å². The molecule has 0 aliphatic rings.